The van der Waals surface area contributed by atoms with Gasteiger partial charge in [0.05, 0.1) is 4.70 Å². The number of fused-ring (bicyclic) bond motifs is 1. The molecule has 0 fully saturated rings. The van der Waals surface area contributed by atoms with E-state index in [0.29, 0.717) is 27.7 Å². The Balaban J connectivity index is 1.59. The van der Waals surface area contributed by atoms with Crippen LogP contribution in [0.4, 0.5) is 5.69 Å². The zero-order valence-electron chi connectivity index (χ0n) is 14.3. The number of amides is 2. The minimum Gasteiger partial charge on any atom is -0.506 e. The van der Waals surface area contributed by atoms with Crippen molar-refractivity contribution in [2.24, 2.45) is 4.99 Å². The van der Waals surface area contributed by atoms with E-state index in [9.17, 15) is 14.7 Å². The van der Waals surface area contributed by atoms with Crippen LogP contribution in [0.2, 0.25) is 10.0 Å². The molecule has 0 bridgehead atoms. The van der Waals surface area contributed by atoms with Crippen molar-refractivity contribution in [3.8, 4) is 5.75 Å². The molecule has 1 aliphatic rings. The first-order valence-electron chi connectivity index (χ1n) is 8.24. The van der Waals surface area contributed by atoms with Crippen LogP contribution in [-0.4, -0.2) is 29.3 Å². The third-order valence-electron chi connectivity index (χ3n) is 4.31. The maximum Gasteiger partial charge on any atom is 0.291 e. The van der Waals surface area contributed by atoms with E-state index in [1.165, 1.54) is 11.3 Å². The molecule has 1 aliphatic heterocycles. The number of nitrogens with one attached hydrogen (secondary N) is 2. The van der Waals surface area contributed by atoms with E-state index in [2.05, 4.69) is 15.6 Å². The van der Waals surface area contributed by atoms with Gasteiger partial charge in [0.25, 0.3) is 5.91 Å². The van der Waals surface area contributed by atoms with Crippen molar-refractivity contribution in [2.45, 2.75) is 6.42 Å². The summed E-state index contributed by atoms with van der Waals surface area (Å²) >= 11 is 14.3. The van der Waals surface area contributed by atoms with Gasteiger partial charge in [-0.3, -0.25) is 14.6 Å². The number of amidine groups is 1. The lowest BCUT2D eigenvalue weighted by atomic mass is 10.0. The molecule has 0 atom stereocenters. The van der Waals surface area contributed by atoms with Crippen LogP contribution in [-0.2, 0) is 16.0 Å². The van der Waals surface area contributed by atoms with Crippen LogP contribution in [0, 0.1) is 0 Å². The monoisotopic (exact) mass is 433 g/mol. The summed E-state index contributed by atoms with van der Waals surface area (Å²) in [6, 6.07) is 8.64. The molecule has 0 saturated carbocycles. The molecule has 142 valence electrons. The van der Waals surface area contributed by atoms with Gasteiger partial charge in [-0.25, -0.2) is 0 Å². The number of phenols is 1. The Morgan fingerprint density at radius 2 is 2.00 bits per heavy atom. The summed E-state index contributed by atoms with van der Waals surface area (Å²) < 4.78 is 0.813. The molecular formula is C19H13Cl2N3O3S. The van der Waals surface area contributed by atoms with Crippen molar-refractivity contribution in [3.05, 3.63) is 56.9 Å². The summed E-state index contributed by atoms with van der Waals surface area (Å²) in [4.78, 5) is 27.1. The average Bonchev–Trinajstić information content (AvgIpc) is 3.29. The first kappa shape index (κ1) is 18.7. The summed E-state index contributed by atoms with van der Waals surface area (Å²) in [6.45, 7) is -0.0626. The van der Waals surface area contributed by atoms with E-state index in [4.69, 9.17) is 23.2 Å². The van der Waals surface area contributed by atoms with Gasteiger partial charge in [-0.2, -0.15) is 0 Å². The maximum atomic E-state index is 12.1. The predicted octanol–water partition coefficient (Wildman–Crippen LogP) is 3.97. The molecule has 2 amide bonds. The van der Waals surface area contributed by atoms with E-state index in [0.717, 1.165) is 15.6 Å². The molecule has 9 heteroatoms. The average molecular weight is 434 g/mol. The van der Waals surface area contributed by atoms with Crippen molar-refractivity contribution in [1.82, 2.24) is 5.32 Å². The molecule has 0 radical (unpaired) electrons. The molecule has 6 nitrogen and oxygen atoms in total. The number of anilines is 1. The minimum absolute atomic E-state index is 0.0368. The van der Waals surface area contributed by atoms with Crippen molar-refractivity contribution >= 4 is 68.0 Å². The lowest BCUT2D eigenvalue weighted by Gasteiger charge is -2.12. The Morgan fingerprint density at radius 3 is 2.68 bits per heavy atom. The van der Waals surface area contributed by atoms with Crippen LogP contribution in [0.5, 0.6) is 5.75 Å². The first-order chi connectivity index (χ1) is 13.4. The quantitative estimate of drug-likeness (QED) is 0.581. The SMILES string of the molecule is O=C1CN=C(C(=O)Nc2cc(Cl)c(Cc3ccc(O)c4sccc34)c(Cl)c2)N1. The fourth-order valence-electron chi connectivity index (χ4n) is 2.97. The second kappa shape index (κ2) is 7.43. The minimum atomic E-state index is -0.538. The Labute approximate surface area is 173 Å². The van der Waals surface area contributed by atoms with Crippen LogP contribution >= 0.6 is 34.5 Å². The van der Waals surface area contributed by atoms with E-state index >= 15 is 0 Å². The zero-order chi connectivity index (χ0) is 19.8. The summed E-state index contributed by atoms with van der Waals surface area (Å²) in [5.41, 5.74) is 2.10. The number of carbonyl (C=O) groups excluding carboxylic acids is 2. The van der Waals surface area contributed by atoms with Crippen LogP contribution in [0.15, 0.2) is 40.7 Å². The molecule has 3 aromatic rings. The molecule has 0 unspecified atom stereocenters. The van der Waals surface area contributed by atoms with Gasteiger partial charge in [0.2, 0.25) is 5.91 Å². The van der Waals surface area contributed by atoms with Gasteiger partial charge < -0.3 is 15.7 Å². The van der Waals surface area contributed by atoms with Gasteiger partial charge in [0.1, 0.15) is 12.3 Å². The molecule has 2 heterocycles. The summed E-state index contributed by atoms with van der Waals surface area (Å²) in [5, 5.41) is 18.6. The van der Waals surface area contributed by atoms with Crippen molar-refractivity contribution < 1.29 is 14.7 Å². The third-order valence-corrected chi connectivity index (χ3v) is 5.92. The molecule has 0 saturated heterocycles. The van der Waals surface area contributed by atoms with E-state index in [-0.39, 0.29) is 24.0 Å². The highest BCUT2D eigenvalue weighted by atomic mass is 35.5. The highest BCUT2D eigenvalue weighted by Gasteiger charge is 2.21. The highest BCUT2D eigenvalue weighted by molar-refractivity contribution is 7.17. The molecule has 2 aromatic carbocycles. The van der Waals surface area contributed by atoms with Gasteiger partial charge in [0.15, 0.2) is 5.84 Å². The molecule has 3 N–H and O–H groups in total. The second-order valence-electron chi connectivity index (χ2n) is 6.17. The largest absolute Gasteiger partial charge is 0.506 e. The highest BCUT2D eigenvalue weighted by Crippen LogP contribution is 2.36. The van der Waals surface area contributed by atoms with Gasteiger partial charge in [-0.1, -0.05) is 29.3 Å². The zero-order valence-corrected chi connectivity index (χ0v) is 16.6. The topological polar surface area (TPSA) is 90.8 Å². The number of rotatable bonds is 4. The van der Waals surface area contributed by atoms with Crippen molar-refractivity contribution in [1.29, 1.82) is 0 Å². The predicted molar refractivity (Wildman–Crippen MR) is 112 cm³/mol. The molecule has 0 spiro atoms. The van der Waals surface area contributed by atoms with E-state index in [1.54, 1.807) is 18.2 Å². The Morgan fingerprint density at radius 1 is 1.25 bits per heavy atom. The van der Waals surface area contributed by atoms with Gasteiger partial charge >= 0.3 is 0 Å². The number of hydrogen-bond donors (Lipinski definition) is 3. The number of carbonyl (C=O) groups is 2. The van der Waals surface area contributed by atoms with Crippen molar-refractivity contribution in [2.75, 3.05) is 11.9 Å². The number of hydrogen-bond acceptors (Lipinski definition) is 5. The van der Waals surface area contributed by atoms with Gasteiger partial charge in [-0.15, -0.1) is 11.3 Å². The smallest absolute Gasteiger partial charge is 0.291 e. The Hall–Kier alpha value is -2.61. The summed E-state index contributed by atoms with van der Waals surface area (Å²) in [5.74, 6) is -0.661. The van der Waals surface area contributed by atoms with E-state index in [1.807, 2.05) is 17.5 Å². The number of nitrogens with zero attached hydrogens (tertiary/aromatic N) is 1. The Kier molecular flexibility index (Phi) is 4.97. The third kappa shape index (κ3) is 3.56. The normalized spacial score (nSPS) is 13.5. The first-order valence-corrected chi connectivity index (χ1v) is 9.87. The van der Waals surface area contributed by atoms with Crippen LogP contribution in [0.1, 0.15) is 11.1 Å². The standard InChI is InChI=1S/C19H13Cl2N3O3S/c20-13-6-10(23-19(27)18-22-8-16(26)24-18)7-14(21)12(13)5-9-1-2-15(25)17-11(9)3-4-28-17/h1-4,6-7,25H,5,8H2,(H,23,27)(H,22,24,26). The van der Waals surface area contributed by atoms with Crippen LogP contribution in [0.25, 0.3) is 10.1 Å². The fourth-order valence-corrected chi connectivity index (χ4v) is 4.45. The number of aliphatic imine (C=N–C) groups is 1. The molecule has 0 aliphatic carbocycles. The van der Waals surface area contributed by atoms with Gasteiger partial charge in [0, 0.05) is 22.2 Å². The number of aromatic hydroxyl groups is 1. The van der Waals surface area contributed by atoms with Crippen LogP contribution in [0.3, 0.4) is 0 Å². The molecule has 28 heavy (non-hydrogen) atoms. The fraction of sp³-hybridized carbons (Fsp3) is 0.105. The second-order valence-corrected chi connectivity index (χ2v) is 7.90. The summed E-state index contributed by atoms with van der Waals surface area (Å²) in [7, 11) is 0. The number of thiophene rings is 1. The van der Waals surface area contributed by atoms with Crippen molar-refractivity contribution in [3.63, 3.8) is 0 Å². The number of benzene rings is 2. The molecule has 1 aromatic heterocycles. The molecular weight excluding hydrogens is 421 g/mol. The van der Waals surface area contributed by atoms with E-state index < -0.39 is 5.91 Å². The number of phenolic OH excluding ortho intramolecular Hbond substituents is 1. The lowest BCUT2D eigenvalue weighted by Crippen LogP contribution is -2.34. The summed E-state index contributed by atoms with van der Waals surface area (Å²) in [6.07, 6.45) is 0.474. The molecule has 4 rings (SSSR count). The Bertz CT molecular complexity index is 1130. The van der Waals surface area contributed by atoms with Gasteiger partial charge in [-0.05, 0) is 46.2 Å². The number of halogens is 2. The van der Waals surface area contributed by atoms with Crippen LogP contribution < -0.4 is 10.6 Å². The maximum absolute atomic E-state index is 12.1. The lowest BCUT2D eigenvalue weighted by molar-refractivity contribution is -0.118.